The van der Waals surface area contributed by atoms with Crippen molar-refractivity contribution >= 4 is 0 Å². The first kappa shape index (κ1) is 9.99. The molecule has 0 bridgehead atoms. The van der Waals surface area contributed by atoms with Crippen LogP contribution in [0.15, 0.2) is 18.2 Å². The van der Waals surface area contributed by atoms with Crippen molar-refractivity contribution in [3.8, 4) is 5.75 Å². The van der Waals surface area contributed by atoms with Crippen molar-refractivity contribution < 1.29 is 9.50 Å². The van der Waals surface area contributed by atoms with E-state index in [1.54, 1.807) is 0 Å². The van der Waals surface area contributed by atoms with E-state index in [9.17, 15) is 9.50 Å². The Morgan fingerprint density at radius 1 is 1.54 bits per heavy atom. The van der Waals surface area contributed by atoms with Crippen LogP contribution in [0.25, 0.3) is 0 Å². The van der Waals surface area contributed by atoms with E-state index in [4.69, 9.17) is 5.73 Å². The van der Waals surface area contributed by atoms with Crippen molar-refractivity contribution in [1.82, 2.24) is 0 Å². The van der Waals surface area contributed by atoms with Gasteiger partial charge in [-0.2, -0.15) is 0 Å². The number of phenols is 1. The number of benzene rings is 1. The van der Waals surface area contributed by atoms with Crippen molar-refractivity contribution in [2.75, 3.05) is 0 Å². The highest BCUT2D eigenvalue weighted by atomic mass is 19.1. The minimum atomic E-state index is -0.362. The first-order chi connectivity index (χ1) is 6.15. The molecule has 13 heavy (non-hydrogen) atoms. The fourth-order valence-electron chi connectivity index (χ4n) is 1.29. The van der Waals surface area contributed by atoms with Gasteiger partial charge in [-0.3, -0.25) is 0 Å². The molecule has 72 valence electrons. The SMILES string of the molecule is CCCC(N)c1cc(F)ccc1O. The molecule has 0 spiro atoms. The Labute approximate surface area is 77.2 Å². The Hall–Kier alpha value is -1.09. The standard InChI is InChI=1S/C10H14FNO/c1-2-3-9(12)8-6-7(11)4-5-10(8)13/h4-6,9,13H,2-3,12H2,1H3. The number of hydrogen-bond donors (Lipinski definition) is 2. The van der Waals surface area contributed by atoms with Crippen LogP contribution >= 0.6 is 0 Å². The summed E-state index contributed by atoms with van der Waals surface area (Å²) in [6, 6.07) is 3.56. The van der Waals surface area contributed by atoms with Gasteiger partial charge in [0.05, 0.1) is 0 Å². The van der Waals surface area contributed by atoms with Gasteiger partial charge in [0.25, 0.3) is 0 Å². The van der Waals surface area contributed by atoms with Gasteiger partial charge in [-0.05, 0) is 24.6 Å². The van der Waals surface area contributed by atoms with E-state index in [0.717, 1.165) is 12.8 Å². The Balaban J connectivity index is 2.91. The summed E-state index contributed by atoms with van der Waals surface area (Å²) in [6.45, 7) is 2.00. The molecule has 2 nitrogen and oxygen atoms in total. The summed E-state index contributed by atoms with van der Waals surface area (Å²) in [4.78, 5) is 0. The lowest BCUT2D eigenvalue weighted by Crippen LogP contribution is -2.10. The van der Waals surface area contributed by atoms with Crippen LogP contribution in [0.4, 0.5) is 4.39 Å². The summed E-state index contributed by atoms with van der Waals surface area (Å²) in [5.74, 6) is -0.290. The zero-order chi connectivity index (χ0) is 9.84. The van der Waals surface area contributed by atoms with E-state index >= 15 is 0 Å². The predicted molar refractivity (Wildman–Crippen MR) is 49.9 cm³/mol. The highest BCUT2D eigenvalue weighted by Crippen LogP contribution is 2.25. The van der Waals surface area contributed by atoms with Gasteiger partial charge in [-0.25, -0.2) is 4.39 Å². The molecule has 1 aromatic rings. The van der Waals surface area contributed by atoms with Gasteiger partial charge in [0.15, 0.2) is 0 Å². The lowest BCUT2D eigenvalue weighted by atomic mass is 10.0. The van der Waals surface area contributed by atoms with Crippen LogP contribution < -0.4 is 5.73 Å². The molecule has 0 radical (unpaired) electrons. The first-order valence-electron chi connectivity index (χ1n) is 4.39. The van der Waals surface area contributed by atoms with Crippen molar-refractivity contribution in [3.05, 3.63) is 29.6 Å². The summed E-state index contributed by atoms with van der Waals surface area (Å²) in [5, 5.41) is 9.39. The van der Waals surface area contributed by atoms with E-state index in [2.05, 4.69) is 0 Å². The summed E-state index contributed by atoms with van der Waals surface area (Å²) < 4.78 is 12.8. The molecule has 0 heterocycles. The molecule has 0 aromatic heterocycles. The van der Waals surface area contributed by atoms with Gasteiger partial charge in [-0.15, -0.1) is 0 Å². The second kappa shape index (κ2) is 4.23. The molecule has 1 aromatic carbocycles. The number of nitrogens with two attached hydrogens (primary N) is 1. The Kier molecular flexibility index (Phi) is 3.25. The first-order valence-corrected chi connectivity index (χ1v) is 4.39. The minimum absolute atomic E-state index is 0.0716. The van der Waals surface area contributed by atoms with E-state index < -0.39 is 0 Å². The molecule has 0 amide bonds. The summed E-state index contributed by atoms with van der Waals surface area (Å²) in [5.41, 5.74) is 6.24. The van der Waals surface area contributed by atoms with Crippen LogP contribution in [0.3, 0.4) is 0 Å². The van der Waals surface area contributed by atoms with Crippen molar-refractivity contribution in [1.29, 1.82) is 0 Å². The van der Waals surface area contributed by atoms with Gasteiger partial charge in [0, 0.05) is 11.6 Å². The van der Waals surface area contributed by atoms with E-state index in [0.29, 0.717) is 5.56 Å². The van der Waals surface area contributed by atoms with Crippen molar-refractivity contribution in [2.24, 2.45) is 5.73 Å². The maximum absolute atomic E-state index is 12.8. The van der Waals surface area contributed by atoms with Crippen LogP contribution in [0.5, 0.6) is 5.75 Å². The Morgan fingerprint density at radius 3 is 2.85 bits per heavy atom. The molecule has 3 heteroatoms. The zero-order valence-corrected chi connectivity index (χ0v) is 7.63. The molecule has 0 fully saturated rings. The van der Waals surface area contributed by atoms with Crippen LogP contribution in [0, 0.1) is 5.82 Å². The summed E-state index contributed by atoms with van der Waals surface area (Å²) in [7, 11) is 0. The summed E-state index contributed by atoms with van der Waals surface area (Å²) in [6.07, 6.45) is 1.66. The number of halogens is 1. The second-order valence-electron chi connectivity index (χ2n) is 3.10. The predicted octanol–water partition coefficient (Wildman–Crippen LogP) is 2.33. The number of phenolic OH excluding ortho intramolecular Hbond substituents is 1. The lowest BCUT2D eigenvalue weighted by molar-refractivity contribution is 0.455. The van der Waals surface area contributed by atoms with E-state index in [1.165, 1.54) is 18.2 Å². The van der Waals surface area contributed by atoms with Gasteiger partial charge >= 0.3 is 0 Å². The highest BCUT2D eigenvalue weighted by Gasteiger charge is 2.10. The zero-order valence-electron chi connectivity index (χ0n) is 7.63. The topological polar surface area (TPSA) is 46.2 Å². The smallest absolute Gasteiger partial charge is 0.123 e. The van der Waals surface area contributed by atoms with Crippen molar-refractivity contribution in [2.45, 2.75) is 25.8 Å². The van der Waals surface area contributed by atoms with Gasteiger partial charge < -0.3 is 10.8 Å². The number of aromatic hydroxyl groups is 1. The fourth-order valence-corrected chi connectivity index (χ4v) is 1.29. The lowest BCUT2D eigenvalue weighted by Gasteiger charge is -2.12. The average Bonchev–Trinajstić information content (AvgIpc) is 2.09. The van der Waals surface area contributed by atoms with Crippen LogP contribution in [0.2, 0.25) is 0 Å². The molecule has 0 saturated carbocycles. The van der Waals surface area contributed by atoms with Crippen LogP contribution in [0.1, 0.15) is 31.4 Å². The Morgan fingerprint density at radius 2 is 2.23 bits per heavy atom. The molecular formula is C10H14FNO. The van der Waals surface area contributed by atoms with E-state index in [1.807, 2.05) is 6.92 Å². The maximum Gasteiger partial charge on any atom is 0.123 e. The monoisotopic (exact) mass is 183 g/mol. The fraction of sp³-hybridized carbons (Fsp3) is 0.400. The Bertz CT molecular complexity index is 288. The number of hydrogen-bond acceptors (Lipinski definition) is 2. The average molecular weight is 183 g/mol. The minimum Gasteiger partial charge on any atom is -0.508 e. The quantitative estimate of drug-likeness (QED) is 0.755. The molecular weight excluding hydrogens is 169 g/mol. The summed E-state index contributed by atoms with van der Waals surface area (Å²) >= 11 is 0. The molecule has 1 unspecified atom stereocenters. The third-order valence-corrected chi connectivity index (χ3v) is 1.99. The van der Waals surface area contributed by atoms with Gasteiger partial charge in [-0.1, -0.05) is 13.3 Å². The van der Waals surface area contributed by atoms with Gasteiger partial charge in [0.1, 0.15) is 11.6 Å². The molecule has 0 aliphatic carbocycles. The maximum atomic E-state index is 12.8. The molecule has 0 saturated heterocycles. The molecule has 1 rings (SSSR count). The van der Waals surface area contributed by atoms with Crippen LogP contribution in [-0.4, -0.2) is 5.11 Å². The third kappa shape index (κ3) is 2.42. The second-order valence-corrected chi connectivity index (χ2v) is 3.10. The number of rotatable bonds is 3. The van der Waals surface area contributed by atoms with Gasteiger partial charge in [0.2, 0.25) is 0 Å². The van der Waals surface area contributed by atoms with Crippen LogP contribution in [-0.2, 0) is 0 Å². The highest BCUT2D eigenvalue weighted by molar-refractivity contribution is 5.34. The molecule has 1 atom stereocenters. The molecule has 0 aliphatic heterocycles. The normalized spacial score (nSPS) is 12.8. The van der Waals surface area contributed by atoms with E-state index in [-0.39, 0.29) is 17.6 Å². The molecule has 0 aliphatic rings. The largest absolute Gasteiger partial charge is 0.508 e. The molecule has 3 N–H and O–H groups in total. The van der Waals surface area contributed by atoms with Crippen molar-refractivity contribution in [3.63, 3.8) is 0 Å². The third-order valence-electron chi connectivity index (χ3n) is 1.99.